The second-order valence-electron chi connectivity index (χ2n) is 8.74. The second kappa shape index (κ2) is 8.73. The van der Waals surface area contributed by atoms with Crippen LogP contribution in [0.25, 0.3) is 0 Å². The van der Waals surface area contributed by atoms with Crippen molar-refractivity contribution in [2.24, 2.45) is 11.3 Å². The zero-order chi connectivity index (χ0) is 22.9. The number of carbonyl (C=O) groups excluding carboxylic acids is 1. The van der Waals surface area contributed by atoms with E-state index in [0.717, 1.165) is 24.8 Å². The first-order valence-corrected chi connectivity index (χ1v) is 11.2. The summed E-state index contributed by atoms with van der Waals surface area (Å²) in [7, 11) is 0. The van der Waals surface area contributed by atoms with Crippen molar-refractivity contribution in [1.82, 2.24) is 5.32 Å². The monoisotopic (exact) mass is 456 g/mol. The van der Waals surface area contributed by atoms with Crippen molar-refractivity contribution in [2.45, 2.75) is 47.0 Å². The standard InChI is InChI=1S/C22H24N4O3S2/c1-12-14(6-5-7-17(12)26(28)29)19(27)24-21(30)25-20-16(11-23)15-9-8-13(22(2,3)4)10-18(15)31-20/h5-7,13H,8-10H2,1-4H3,(H2,24,25,27,30). The van der Waals surface area contributed by atoms with E-state index in [0.29, 0.717) is 16.5 Å². The largest absolute Gasteiger partial charge is 0.323 e. The maximum absolute atomic E-state index is 12.6. The summed E-state index contributed by atoms with van der Waals surface area (Å²) in [5.41, 5.74) is 2.16. The molecule has 31 heavy (non-hydrogen) atoms. The number of hydrogen-bond donors (Lipinski definition) is 2. The van der Waals surface area contributed by atoms with Crippen LogP contribution in [0.1, 0.15) is 59.1 Å². The number of thiocarbonyl (C=S) groups is 1. The van der Waals surface area contributed by atoms with Gasteiger partial charge in [0, 0.05) is 22.1 Å². The molecule has 0 radical (unpaired) electrons. The molecule has 0 saturated heterocycles. The third-order valence-electron chi connectivity index (χ3n) is 5.80. The highest BCUT2D eigenvalue weighted by Gasteiger charge is 2.32. The van der Waals surface area contributed by atoms with Gasteiger partial charge in [0.15, 0.2) is 5.11 Å². The highest BCUT2D eigenvalue weighted by molar-refractivity contribution is 7.80. The van der Waals surface area contributed by atoms with Crippen LogP contribution in [0.4, 0.5) is 10.7 Å². The Labute approximate surface area is 190 Å². The summed E-state index contributed by atoms with van der Waals surface area (Å²) in [4.78, 5) is 24.4. The number of fused-ring (bicyclic) bond motifs is 1. The number of carbonyl (C=O) groups is 1. The van der Waals surface area contributed by atoms with Gasteiger partial charge in [0.25, 0.3) is 11.6 Å². The van der Waals surface area contributed by atoms with Crippen LogP contribution in [-0.4, -0.2) is 15.9 Å². The number of nitrogens with one attached hydrogen (secondary N) is 2. The smallest absolute Gasteiger partial charge is 0.273 e. The Morgan fingerprint density at radius 1 is 1.39 bits per heavy atom. The third kappa shape index (κ3) is 4.75. The summed E-state index contributed by atoms with van der Waals surface area (Å²) in [6.45, 7) is 8.24. The molecule has 0 aliphatic heterocycles. The molecular weight excluding hydrogens is 432 g/mol. The highest BCUT2D eigenvalue weighted by Crippen LogP contribution is 2.43. The molecule has 2 N–H and O–H groups in total. The van der Waals surface area contributed by atoms with Gasteiger partial charge >= 0.3 is 0 Å². The van der Waals surface area contributed by atoms with Crippen LogP contribution in [-0.2, 0) is 12.8 Å². The predicted octanol–water partition coefficient (Wildman–Crippen LogP) is 5.11. The van der Waals surface area contributed by atoms with Gasteiger partial charge in [-0.15, -0.1) is 11.3 Å². The number of nitriles is 1. The molecule has 0 saturated carbocycles. The van der Waals surface area contributed by atoms with Crippen LogP contribution in [0.2, 0.25) is 0 Å². The predicted molar refractivity (Wildman–Crippen MR) is 126 cm³/mol. The van der Waals surface area contributed by atoms with Crippen LogP contribution >= 0.6 is 23.6 Å². The first-order chi connectivity index (χ1) is 14.5. The van der Waals surface area contributed by atoms with Gasteiger partial charge in [-0.3, -0.25) is 20.2 Å². The molecular formula is C22H24N4O3S2. The molecule has 162 valence electrons. The zero-order valence-corrected chi connectivity index (χ0v) is 19.5. The van der Waals surface area contributed by atoms with Crippen LogP contribution in [0.5, 0.6) is 0 Å². The van der Waals surface area contributed by atoms with Crippen molar-refractivity contribution in [3.63, 3.8) is 0 Å². The number of nitrogens with zero attached hydrogens (tertiary/aromatic N) is 2. The van der Waals surface area contributed by atoms with Crippen molar-refractivity contribution in [1.29, 1.82) is 5.26 Å². The minimum atomic E-state index is -0.536. The van der Waals surface area contributed by atoms with E-state index in [-0.39, 0.29) is 27.3 Å². The maximum atomic E-state index is 12.6. The summed E-state index contributed by atoms with van der Waals surface area (Å²) < 4.78 is 0. The number of benzene rings is 1. The minimum absolute atomic E-state index is 0.0541. The molecule has 0 fully saturated rings. The van der Waals surface area contributed by atoms with Gasteiger partial charge < -0.3 is 5.32 Å². The van der Waals surface area contributed by atoms with Crippen molar-refractivity contribution >= 4 is 45.3 Å². The van der Waals surface area contributed by atoms with E-state index in [2.05, 4.69) is 37.5 Å². The Bertz CT molecular complexity index is 1110. The molecule has 1 unspecified atom stereocenters. The SMILES string of the molecule is Cc1c(C(=O)NC(=S)Nc2sc3c(c2C#N)CCC(C(C)(C)C)C3)cccc1[N+](=O)[O-]. The molecule has 2 aromatic rings. The molecule has 0 bridgehead atoms. The number of amides is 1. The fraction of sp³-hybridized carbons (Fsp3) is 0.409. The summed E-state index contributed by atoms with van der Waals surface area (Å²) in [6.07, 6.45) is 2.81. The maximum Gasteiger partial charge on any atom is 0.273 e. The van der Waals surface area contributed by atoms with Crippen LogP contribution in [0, 0.1) is 39.7 Å². The van der Waals surface area contributed by atoms with E-state index in [1.165, 1.54) is 41.3 Å². The van der Waals surface area contributed by atoms with Crippen LogP contribution in [0.15, 0.2) is 18.2 Å². The Balaban J connectivity index is 1.77. The lowest BCUT2D eigenvalue weighted by Gasteiger charge is -2.33. The molecule has 3 rings (SSSR count). The minimum Gasteiger partial charge on any atom is -0.323 e. The molecule has 1 aliphatic rings. The first kappa shape index (κ1) is 22.8. The molecule has 1 aliphatic carbocycles. The number of anilines is 1. The van der Waals surface area contributed by atoms with Crippen molar-refractivity contribution in [3.8, 4) is 6.07 Å². The molecule has 1 aromatic carbocycles. The van der Waals surface area contributed by atoms with Gasteiger partial charge in [-0.25, -0.2) is 0 Å². The second-order valence-corrected chi connectivity index (χ2v) is 10.3. The lowest BCUT2D eigenvalue weighted by atomic mass is 9.72. The quantitative estimate of drug-likeness (QED) is 0.377. The summed E-state index contributed by atoms with van der Waals surface area (Å²) in [6, 6.07) is 6.60. The fourth-order valence-electron chi connectivity index (χ4n) is 3.90. The van der Waals surface area contributed by atoms with E-state index in [1.807, 2.05) is 0 Å². The molecule has 9 heteroatoms. The zero-order valence-electron chi connectivity index (χ0n) is 17.9. The van der Waals surface area contributed by atoms with Gasteiger partial charge in [-0.05, 0) is 61.4 Å². The molecule has 1 atom stereocenters. The van der Waals surface area contributed by atoms with E-state index in [9.17, 15) is 20.2 Å². The number of hydrogen-bond acceptors (Lipinski definition) is 6. The summed E-state index contributed by atoms with van der Waals surface area (Å²) >= 11 is 6.80. The van der Waals surface area contributed by atoms with Gasteiger partial charge in [-0.2, -0.15) is 5.26 Å². The van der Waals surface area contributed by atoms with E-state index in [1.54, 1.807) is 0 Å². The fourth-order valence-corrected chi connectivity index (χ4v) is 5.45. The normalized spacial score (nSPS) is 15.5. The van der Waals surface area contributed by atoms with E-state index in [4.69, 9.17) is 12.2 Å². The van der Waals surface area contributed by atoms with Crippen molar-refractivity contribution in [2.75, 3.05) is 5.32 Å². The summed E-state index contributed by atoms with van der Waals surface area (Å²) in [5, 5.41) is 27.1. The van der Waals surface area contributed by atoms with Gasteiger partial charge in [0.2, 0.25) is 0 Å². The van der Waals surface area contributed by atoms with Gasteiger partial charge in [-0.1, -0.05) is 26.8 Å². The van der Waals surface area contributed by atoms with Crippen LogP contribution in [0.3, 0.4) is 0 Å². The van der Waals surface area contributed by atoms with Gasteiger partial charge in [0.1, 0.15) is 11.1 Å². The lowest BCUT2D eigenvalue weighted by molar-refractivity contribution is -0.385. The third-order valence-corrected chi connectivity index (χ3v) is 7.18. The van der Waals surface area contributed by atoms with E-state index >= 15 is 0 Å². The molecule has 1 amide bonds. The number of nitro benzene ring substituents is 1. The van der Waals surface area contributed by atoms with Crippen molar-refractivity contribution in [3.05, 3.63) is 55.4 Å². The van der Waals surface area contributed by atoms with Crippen LogP contribution < -0.4 is 10.6 Å². The highest BCUT2D eigenvalue weighted by atomic mass is 32.1. The number of rotatable bonds is 3. The van der Waals surface area contributed by atoms with E-state index < -0.39 is 10.8 Å². The average Bonchev–Trinajstić information content (AvgIpc) is 3.02. The summed E-state index contributed by atoms with van der Waals surface area (Å²) in [5.74, 6) is 0.00728. The Hall–Kier alpha value is -2.83. The van der Waals surface area contributed by atoms with Crippen molar-refractivity contribution < 1.29 is 9.72 Å². The average molecular weight is 457 g/mol. The Morgan fingerprint density at radius 3 is 2.71 bits per heavy atom. The molecule has 7 nitrogen and oxygen atoms in total. The number of nitro groups is 1. The van der Waals surface area contributed by atoms with Gasteiger partial charge in [0.05, 0.1) is 10.5 Å². The lowest BCUT2D eigenvalue weighted by Crippen LogP contribution is -2.34. The first-order valence-electron chi connectivity index (χ1n) is 9.94. The molecule has 0 spiro atoms. The Morgan fingerprint density at radius 2 is 2.10 bits per heavy atom. The molecule has 1 heterocycles. The number of thiophene rings is 1. The Kier molecular flexibility index (Phi) is 6.43. The molecule has 1 aromatic heterocycles. The topological polar surface area (TPSA) is 108 Å².